The standard InChI is InChI=1S/C20H21ClN4/c1-23-7-9-24(10-8-23)16-11-15-13-22-18-4-2-3-14-5-6-25(20(14)18)19(15)17(21)12-16/h4-6,11-13H,2-3,7-10H2,1H3. The molecular weight excluding hydrogens is 332 g/mol. The molecule has 1 aromatic carbocycles. The quantitative estimate of drug-likeness (QED) is 0.783. The number of halogens is 1. The monoisotopic (exact) mass is 352 g/mol. The first kappa shape index (κ1) is 15.2. The van der Waals surface area contributed by atoms with E-state index in [2.05, 4.69) is 51.9 Å². The Kier molecular flexibility index (Phi) is 3.50. The Hall–Kier alpha value is -2.04. The Bertz CT molecular complexity index is 901. The average Bonchev–Trinajstić information content (AvgIpc) is 2.96. The third-order valence-electron chi connectivity index (χ3n) is 5.49. The van der Waals surface area contributed by atoms with E-state index in [4.69, 9.17) is 16.6 Å². The smallest absolute Gasteiger partial charge is 0.0833 e. The molecule has 1 saturated heterocycles. The number of fused-ring (bicyclic) bond motifs is 2. The van der Waals surface area contributed by atoms with Crippen LogP contribution in [0.4, 0.5) is 5.69 Å². The van der Waals surface area contributed by atoms with Gasteiger partial charge in [-0.2, -0.15) is 0 Å². The van der Waals surface area contributed by atoms with E-state index < -0.39 is 0 Å². The molecule has 0 spiro atoms. The van der Waals surface area contributed by atoms with Crippen molar-refractivity contribution in [3.63, 3.8) is 0 Å². The highest BCUT2D eigenvalue weighted by molar-refractivity contribution is 6.33. The van der Waals surface area contributed by atoms with Crippen LogP contribution in [0.25, 0.3) is 11.4 Å². The molecule has 1 aliphatic carbocycles. The van der Waals surface area contributed by atoms with Crippen molar-refractivity contribution >= 4 is 29.2 Å². The highest BCUT2D eigenvalue weighted by atomic mass is 35.5. The van der Waals surface area contributed by atoms with Gasteiger partial charge in [0.1, 0.15) is 0 Å². The summed E-state index contributed by atoms with van der Waals surface area (Å²) in [6.07, 6.45) is 8.48. The molecule has 0 N–H and O–H groups in total. The van der Waals surface area contributed by atoms with Gasteiger partial charge >= 0.3 is 0 Å². The number of aromatic nitrogens is 1. The summed E-state index contributed by atoms with van der Waals surface area (Å²) in [6.45, 7) is 4.24. The first-order valence-electron chi connectivity index (χ1n) is 8.93. The molecule has 4 nitrogen and oxygen atoms in total. The van der Waals surface area contributed by atoms with Crippen molar-refractivity contribution in [2.24, 2.45) is 4.99 Å². The van der Waals surface area contributed by atoms with Crippen LogP contribution < -0.4 is 4.90 Å². The summed E-state index contributed by atoms with van der Waals surface area (Å²) in [7, 11) is 2.18. The van der Waals surface area contributed by atoms with E-state index in [1.165, 1.54) is 16.9 Å². The van der Waals surface area contributed by atoms with Gasteiger partial charge in [-0.1, -0.05) is 17.7 Å². The van der Waals surface area contributed by atoms with Crippen molar-refractivity contribution in [1.29, 1.82) is 0 Å². The number of hydrogen-bond acceptors (Lipinski definition) is 3. The molecule has 2 aliphatic heterocycles. The lowest BCUT2D eigenvalue weighted by Gasteiger charge is -2.34. The summed E-state index contributed by atoms with van der Waals surface area (Å²) in [4.78, 5) is 9.56. The molecule has 0 atom stereocenters. The van der Waals surface area contributed by atoms with Crippen molar-refractivity contribution in [2.45, 2.75) is 12.8 Å². The van der Waals surface area contributed by atoms with E-state index in [1.54, 1.807) is 0 Å². The second-order valence-corrected chi connectivity index (χ2v) is 7.51. The molecule has 0 radical (unpaired) electrons. The number of anilines is 1. The zero-order chi connectivity index (χ0) is 17.0. The summed E-state index contributed by atoms with van der Waals surface area (Å²) in [5, 5.41) is 0.795. The Morgan fingerprint density at radius 1 is 1.12 bits per heavy atom. The number of hydrogen-bond donors (Lipinski definition) is 0. The lowest BCUT2D eigenvalue weighted by molar-refractivity contribution is 0.313. The van der Waals surface area contributed by atoms with Crippen molar-refractivity contribution in [3.8, 4) is 5.69 Å². The fourth-order valence-electron chi connectivity index (χ4n) is 4.07. The Morgan fingerprint density at radius 3 is 2.80 bits per heavy atom. The summed E-state index contributed by atoms with van der Waals surface area (Å²) < 4.78 is 2.22. The van der Waals surface area contributed by atoms with Gasteiger partial charge < -0.3 is 14.4 Å². The number of likely N-dealkylation sites (N-methyl/N-ethyl adjacent to an activating group) is 1. The first-order chi connectivity index (χ1) is 12.2. The van der Waals surface area contributed by atoms with E-state index in [1.807, 2.05) is 6.21 Å². The Labute approximate surface area is 153 Å². The molecule has 25 heavy (non-hydrogen) atoms. The Morgan fingerprint density at radius 2 is 1.96 bits per heavy atom. The fraction of sp³-hybridized carbons (Fsp3) is 0.350. The van der Waals surface area contributed by atoms with Gasteiger partial charge in [0.2, 0.25) is 0 Å². The van der Waals surface area contributed by atoms with E-state index >= 15 is 0 Å². The second-order valence-electron chi connectivity index (χ2n) is 7.10. The topological polar surface area (TPSA) is 23.8 Å². The minimum absolute atomic E-state index is 0.795. The summed E-state index contributed by atoms with van der Waals surface area (Å²) in [5.41, 5.74) is 6.97. The molecule has 0 amide bonds. The van der Waals surface area contributed by atoms with Crippen molar-refractivity contribution < 1.29 is 0 Å². The van der Waals surface area contributed by atoms with Gasteiger partial charge in [-0.25, -0.2) is 0 Å². The fourth-order valence-corrected chi connectivity index (χ4v) is 4.38. The van der Waals surface area contributed by atoms with Gasteiger partial charge in [0.25, 0.3) is 0 Å². The molecule has 5 rings (SSSR count). The first-order valence-corrected chi connectivity index (χ1v) is 9.31. The lowest BCUT2D eigenvalue weighted by Crippen LogP contribution is -2.44. The number of aliphatic imine (C=N–C) groups is 1. The van der Waals surface area contributed by atoms with Gasteiger partial charge in [0.15, 0.2) is 0 Å². The van der Waals surface area contributed by atoms with E-state index in [0.29, 0.717) is 0 Å². The number of piperazine rings is 1. The van der Waals surface area contributed by atoms with Crippen molar-refractivity contribution in [3.05, 3.63) is 52.3 Å². The van der Waals surface area contributed by atoms with Gasteiger partial charge in [0, 0.05) is 49.8 Å². The van der Waals surface area contributed by atoms with Gasteiger partial charge in [0.05, 0.1) is 22.1 Å². The highest BCUT2D eigenvalue weighted by Crippen LogP contribution is 2.38. The second kappa shape index (κ2) is 5.75. The molecule has 3 heterocycles. The summed E-state index contributed by atoms with van der Waals surface area (Å²) in [5.74, 6) is 0. The molecule has 128 valence electrons. The molecule has 0 unspecified atom stereocenters. The van der Waals surface area contributed by atoms with Crippen molar-refractivity contribution in [2.75, 3.05) is 38.1 Å². The summed E-state index contributed by atoms with van der Waals surface area (Å²) >= 11 is 6.77. The number of nitrogens with zero attached hydrogens (tertiary/aromatic N) is 4. The summed E-state index contributed by atoms with van der Waals surface area (Å²) in [6, 6.07) is 6.56. The van der Waals surface area contributed by atoms with Crippen LogP contribution in [0.1, 0.15) is 23.2 Å². The van der Waals surface area contributed by atoms with Crippen LogP contribution in [0, 0.1) is 0 Å². The number of rotatable bonds is 1. The van der Waals surface area contributed by atoms with Crippen LogP contribution >= 0.6 is 11.6 Å². The van der Waals surface area contributed by atoms with Crippen LogP contribution in [0.5, 0.6) is 0 Å². The zero-order valence-electron chi connectivity index (χ0n) is 14.4. The predicted molar refractivity (Wildman–Crippen MR) is 104 cm³/mol. The maximum Gasteiger partial charge on any atom is 0.0833 e. The molecule has 1 fully saturated rings. The Balaban J connectivity index is 1.63. The predicted octanol–water partition coefficient (Wildman–Crippen LogP) is 3.60. The maximum absolute atomic E-state index is 6.77. The lowest BCUT2D eigenvalue weighted by atomic mass is 10.0. The minimum Gasteiger partial charge on any atom is -0.369 e. The largest absolute Gasteiger partial charge is 0.369 e. The molecule has 1 aromatic heterocycles. The third-order valence-corrected chi connectivity index (χ3v) is 5.78. The van der Waals surface area contributed by atoms with E-state index in [9.17, 15) is 0 Å². The van der Waals surface area contributed by atoms with Crippen molar-refractivity contribution in [1.82, 2.24) is 9.47 Å². The van der Waals surface area contributed by atoms with Gasteiger partial charge in [-0.3, -0.25) is 4.99 Å². The van der Waals surface area contributed by atoms with E-state index in [-0.39, 0.29) is 0 Å². The minimum atomic E-state index is 0.795. The SMILES string of the molecule is CN1CCN(c2cc(Cl)c3c(c2)C=NC2=CCCc4ccn-3c42)CC1. The van der Waals surface area contributed by atoms with Gasteiger partial charge in [-0.05, 0) is 43.7 Å². The number of allylic oxidation sites excluding steroid dienone is 1. The number of benzene rings is 1. The molecule has 5 heteroatoms. The maximum atomic E-state index is 6.77. The third kappa shape index (κ3) is 2.43. The molecular formula is C20H21ClN4. The number of aryl methyl sites for hydroxylation is 1. The normalized spacial score (nSPS) is 19.3. The average molecular weight is 353 g/mol. The van der Waals surface area contributed by atoms with Gasteiger partial charge in [-0.15, -0.1) is 0 Å². The highest BCUT2D eigenvalue weighted by Gasteiger charge is 2.24. The molecule has 3 aliphatic rings. The van der Waals surface area contributed by atoms with Crippen LogP contribution in [0.2, 0.25) is 5.02 Å². The molecule has 0 bridgehead atoms. The molecule has 2 aromatic rings. The molecule has 0 saturated carbocycles. The van der Waals surface area contributed by atoms with E-state index in [0.717, 1.165) is 61.0 Å². The van der Waals surface area contributed by atoms with Crippen LogP contribution in [0.3, 0.4) is 0 Å². The van der Waals surface area contributed by atoms with Crippen LogP contribution in [0.15, 0.2) is 35.5 Å². The van der Waals surface area contributed by atoms with Crippen LogP contribution in [-0.2, 0) is 6.42 Å². The zero-order valence-corrected chi connectivity index (χ0v) is 15.1. The van der Waals surface area contributed by atoms with Crippen LogP contribution in [-0.4, -0.2) is 48.9 Å².